The van der Waals surface area contributed by atoms with Gasteiger partial charge in [0.1, 0.15) is 5.15 Å². The molecule has 2 heterocycles. The van der Waals surface area contributed by atoms with Gasteiger partial charge in [0.25, 0.3) is 5.56 Å². The zero-order chi connectivity index (χ0) is 14.9. The van der Waals surface area contributed by atoms with Crippen molar-refractivity contribution in [3.8, 4) is 0 Å². The fourth-order valence-corrected chi connectivity index (χ4v) is 3.34. The van der Waals surface area contributed by atoms with Gasteiger partial charge in [0.2, 0.25) is 0 Å². The molecule has 6 heteroatoms. The average molecular weight is 313 g/mol. The first-order valence-corrected chi connectivity index (χ1v) is 7.79. The minimum atomic E-state index is -0.452. The van der Waals surface area contributed by atoms with Crippen LogP contribution in [0.4, 0.5) is 0 Å². The standard InChI is InChI=1S/C14H17ClN2O2S/c1-8(2)11-12(15)16-14(19)17(13(11)18)9(3)6-10-4-5-20-7-10/h4-5,7-9H,6H2,1-3H3,(H,16,19). The van der Waals surface area contributed by atoms with E-state index in [9.17, 15) is 9.59 Å². The summed E-state index contributed by atoms with van der Waals surface area (Å²) in [5.41, 5.74) is 0.835. The Kier molecular flexibility index (Phi) is 4.50. The van der Waals surface area contributed by atoms with Crippen LogP contribution in [-0.2, 0) is 6.42 Å². The van der Waals surface area contributed by atoms with Gasteiger partial charge >= 0.3 is 5.69 Å². The number of halogens is 1. The van der Waals surface area contributed by atoms with E-state index in [1.165, 1.54) is 4.57 Å². The topological polar surface area (TPSA) is 54.9 Å². The molecule has 0 saturated heterocycles. The summed E-state index contributed by atoms with van der Waals surface area (Å²) >= 11 is 7.58. The molecule has 0 aliphatic heterocycles. The molecule has 0 saturated carbocycles. The zero-order valence-electron chi connectivity index (χ0n) is 11.6. The largest absolute Gasteiger partial charge is 0.329 e. The van der Waals surface area contributed by atoms with Crippen LogP contribution < -0.4 is 11.2 Å². The highest BCUT2D eigenvalue weighted by Gasteiger charge is 2.19. The maximum absolute atomic E-state index is 12.5. The molecule has 4 nitrogen and oxygen atoms in total. The smallest absolute Gasteiger partial charge is 0.297 e. The Bertz CT molecular complexity index is 701. The van der Waals surface area contributed by atoms with Gasteiger partial charge in [-0.3, -0.25) is 14.3 Å². The highest BCUT2D eigenvalue weighted by Crippen LogP contribution is 2.18. The first kappa shape index (κ1) is 15.1. The van der Waals surface area contributed by atoms with Gasteiger partial charge in [-0.25, -0.2) is 4.79 Å². The van der Waals surface area contributed by atoms with E-state index in [4.69, 9.17) is 11.6 Å². The number of hydrogen-bond donors (Lipinski definition) is 1. The van der Waals surface area contributed by atoms with E-state index in [1.807, 2.05) is 37.6 Å². The summed E-state index contributed by atoms with van der Waals surface area (Å²) in [6, 6.07) is 1.79. The van der Waals surface area contributed by atoms with Gasteiger partial charge in [0.05, 0.1) is 5.56 Å². The minimum Gasteiger partial charge on any atom is -0.297 e. The number of thiophene rings is 1. The molecule has 0 aromatic carbocycles. The molecule has 2 aromatic rings. The predicted octanol–water partition coefficient (Wildman–Crippen LogP) is 3.18. The summed E-state index contributed by atoms with van der Waals surface area (Å²) < 4.78 is 1.26. The molecule has 1 unspecified atom stereocenters. The first-order chi connectivity index (χ1) is 9.41. The van der Waals surface area contributed by atoms with E-state index in [1.54, 1.807) is 11.3 Å². The zero-order valence-corrected chi connectivity index (χ0v) is 13.2. The van der Waals surface area contributed by atoms with Crippen LogP contribution in [0, 0.1) is 0 Å². The number of nitrogens with zero attached hydrogens (tertiary/aromatic N) is 1. The number of rotatable bonds is 4. The van der Waals surface area contributed by atoms with Gasteiger partial charge < -0.3 is 0 Å². The summed E-state index contributed by atoms with van der Waals surface area (Å²) in [5.74, 6) is -0.0357. The number of nitrogens with one attached hydrogen (secondary N) is 1. The molecule has 2 aromatic heterocycles. The summed E-state index contributed by atoms with van der Waals surface area (Å²) in [6.45, 7) is 5.63. The van der Waals surface area contributed by atoms with Crippen molar-refractivity contribution in [1.29, 1.82) is 0 Å². The van der Waals surface area contributed by atoms with Gasteiger partial charge in [0.15, 0.2) is 0 Å². The van der Waals surface area contributed by atoms with Crippen LogP contribution >= 0.6 is 22.9 Å². The summed E-state index contributed by atoms with van der Waals surface area (Å²) in [7, 11) is 0. The molecule has 0 aliphatic carbocycles. The van der Waals surface area contributed by atoms with Gasteiger partial charge in [-0.05, 0) is 41.7 Å². The third-order valence-electron chi connectivity index (χ3n) is 3.25. The predicted molar refractivity (Wildman–Crippen MR) is 83.2 cm³/mol. The minimum absolute atomic E-state index is 0.0357. The lowest BCUT2D eigenvalue weighted by atomic mass is 10.1. The molecule has 20 heavy (non-hydrogen) atoms. The Morgan fingerprint density at radius 3 is 2.60 bits per heavy atom. The van der Waals surface area contributed by atoms with Crippen molar-refractivity contribution in [2.24, 2.45) is 0 Å². The molecular weight excluding hydrogens is 296 g/mol. The second-order valence-electron chi connectivity index (χ2n) is 5.17. The van der Waals surface area contributed by atoms with E-state index in [0.29, 0.717) is 12.0 Å². The summed E-state index contributed by atoms with van der Waals surface area (Å²) in [5, 5.41) is 4.15. The second-order valence-corrected chi connectivity index (χ2v) is 6.33. The third kappa shape index (κ3) is 2.88. The lowest BCUT2D eigenvalue weighted by molar-refractivity contribution is 0.495. The molecule has 0 bridgehead atoms. The maximum Gasteiger partial charge on any atom is 0.329 e. The first-order valence-electron chi connectivity index (χ1n) is 6.47. The van der Waals surface area contributed by atoms with Gasteiger partial charge in [-0.2, -0.15) is 11.3 Å². The van der Waals surface area contributed by atoms with E-state index in [2.05, 4.69) is 4.98 Å². The number of aromatic nitrogens is 2. The number of hydrogen-bond acceptors (Lipinski definition) is 3. The normalized spacial score (nSPS) is 12.8. The van der Waals surface area contributed by atoms with Crippen LogP contribution in [0.1, 0.15) is 43.9 Å². The number of H-pyrrole nitrogens is 1. The number of aromatic amines is 1. The Balaban J connectivity index is 2.48. The van der Waals surface area contributed by atoms with Crippen molar-refractivity contribution in [2.75, 3.05) is 0 Å². The van der Waals surface area contributed by atoms with Crippen LogP contribution in [0.15, 0.2) is 26.4 Å². The van der Waals surface area contributed by atoms with Crippen molar-refractivity contribution in [3.63, 3.8) is 0 Å². The molecule has 0 spiro atoms. The Hall–Kier alpha value is -1.33. The van der Waals surface area contributed by atoms with Crippen molar-refractivity contribution < 1.29 is 0 Å². The Morgan fingerprint density at radius 2 is 2.05 bits per heavy atom. The molecule has 0 aliphatic rings. The van der Waals surface area contributed by atoms with Crippen LogP contribution in [0.25, 0.3) is 0 Å². The molecule has 108 valence electrons. The molecular formula is C14H17ClN2O2S. The van der Waals surface area contributed by atoms with Crippen molar-refractivity contribution in [2.45, 2.75) is 39.2 Å². The van der Waals surface area contributed by atoms with Crippen LogP contribution in [0.3, 0.4) is 0 Å². The maximum atomic E-state index is 12.5. The third-order valence-corrected chi connectivity index (χ3v) is 4.28. The Morgan fingerprint density at radius 1 is 1.35 bits per heavy atom. The lowest BCUT2D eigenvalue weighted by Crippen LogP contribution is -2.40. The summed E-state index contributed by atoms with van der Waals surface area (Å²) in [4.78, 5) is 27.1. The highest BCUT2D eigenvalue weighted by molar-refractivity contribution is 7.07. The molecule has 0 radical (unpaired) electrons. The van der Waals surface area contributed by atoms with Gasteiger partial charge in [0, 0.05) is 6.04 Å². The molecule has 1 atom stereocenters. The van der Waals surface area contributed by atoms with Gasteiger partial charge in [-0.1, -0.05) is 25.4 Å². The molecule has 0 fully saturated rings. The van der Waals surface area contributed by atoms with Crippen LogP contribution in [0.2, 0.25) is 5.15 Å². The highest BCUT2D eigenvalue weighted by atomic mass is 35.5. The SMILES string of the molecule is CC(C)c1c(Cl)[nH]c(=O)n(C(C)Cc2ccsc2)c1=O. The molecule has 1 N–H and O–H groups in total. The van der Waals surface area contributed by atoms with E-state index in [-0.39, 0.29) is 22.7 Å². The van der Waals surface area contributed by atoms with Crippen LogP contribution in [0.5, 0.6) is 0 Å². The van der Waals surface area contributed by atoms with Gasteiger partial charge in [-0.15, -0.1) is 0 Å². The van der Waals surface area contributed by atoms with E-state index >= 15 is 0 Å². The fraction of sp³-hybridized carbons (Fsp3) is 0.429. The lowest BCUT2D eigenvalue weighted by Gasteiger charge is -2.16. The Labute approximate surface area is 126 Å². The van der Waals surface area contributed by atoms with E-state index in [0.717, 1.165) is 5.56 Å². The monoisotopic (exact) mass is 312 g/mol. The average Bonchev–Trinajstić information content (AvgIpc) is 2.79. The van der Waals surface area contributed by atoms with Crippen LogP contribution in [-0.4, -0.2) is 9.55 Å². The molecule has 2 rings (SSSR count). The van der Waals surface area contributed by atoms with Crippen molar-refractivity contribution >= 4 is 22.9 Å². The second kappa shape index (κ2) is 5.97. The van der Waals surface area contributed by atoms with E-state index < -0.39 is 5.69 Å². The fourth-order valence-electron chi connectivity index (χ4n) is 2.28. The quantitative estimate of drug-likeness (QED) is 0.882. The summed E-state index contributed by atoms with van der Waals surface area (Å²) in [6.07, 6.45) is 0.644. The van der Waals surface area contributed by atoms with Crippen molar-refractivity contribution in [3.05, 3.63) is 53.9 Å². The molecule has 0 amide bonds. The van der Waals surface area contributed by atoms with Crippen molar-refractivity contribution in [1.82, 2.24) is 9.55 Å².